The van der Waals surface area contributed by atoms with E-state index in [-0.39, 0.29) is 24.3 Å². The molecule has 0 amide bonds. The molecule has 0 unspecified atom stereocenters. The van der Waals surface area contributed by atoms with Gasteiger partial charge >= 0.3 is 0 Å². The van der Waals surface area contributed by atoms with Gasteiger partial charge in [-0.1, -0.05) is 6.07 Å². The molecule has 1 heterocycles. The molecular weight excluding hydrogens is 250 g/mol. The highest BCUT2D eigenvalue weighted by Crippen LogP contribution is 2.28. The van der Waals surface area contributed by atoms with Crippen molar-refractivity contribution in [2.75, 3.05) is 19.6 Å². The Hall–Kier alpha value is -1.04. The molecule has 1 aromatic carbocycles. The summed E-state index contributed by atoms with van der Waals surface area (Å²) < 4.78 is 33.4. The Morgan fingerprint density at radius 2 is 1.79 bits per heavy atom. The van der Waals surface area contributed by atoms with E-state index in [1.165, 1.54) is 18.2 Å². The summed E-state index contributed by atoms with van der Waals surface area (Å²) in [6.07, 6.45) is 0.0697. The van der Waals surface area contributed by atoms with Crippen LogP contribution in [-0.2, 0) is 4.74 Å². The zero-order chi connectivity index (χ0) is 14.0. The van der Waals surface area contributed by atoms with Gasteiger partial charge in [-0.2, -0.15) is 0 Å². The predicted octanol–water partition coefficient (Wildman–Crippen LogP) is 2.07. The van der Waals surface area contributed by atoms with E-state index in [0.29, 0.717) is 13.1 Å². The van der Waals surface area contributed by atoms with Crippen molar-refractivity contribution in [3.05, 3.63) is 35.4 Å². The zero-order valence-corrected chi connectivity index (χ0v) is 11.3. The second-order valence-corrected chi connectivity index (χ2v) is 5.10. The first-order chi connectivity index (χ1) is 9.02. The average Bonchev–Trinajstić information content (AvgIpc) is 2.32. The summed E-state index contributed by atoms with van der Waals surface area (Å²) in [5.41, 5.74) is 5.81. The summed E-state index contributed by atoms with van der Waals surface area (Å²) in [4.78, 5) is 2.00. The number of halogens is 2. The maximum absolute atomic E-state index is 13.9. The standard InChI is InChI=1S/C14H20F2N2O/c1-9-7-18(8-10(2)19-9)13(6-17)14-11(15)4-3-5-12(14)16/h3-5,9-10,13H,6-8,17H2,1-2H3/t9-,10+,13-/m1/s1. The van der Waals surface area contributed by atoms with Gasteiger partial charge in [-0.25, -0.2) is 8.78 Å². The molecule has 1 aliphatic heterocycles. The van der Waals surface area contributed by atoms with Crippen LogP contribution in [0.3, 0.4) is 0 Å². The largest absolute Gasteiger partial charge is 0.373 e. The van der Waals surface area contributed by atoms with Crippen LogP contribution in [0, 0.1) is 11.6 Å². The normalized spacial score (nSPS) is 26.4. The predicted molar refractivity (Wildman–Crippen MR) is 69.7 cm³/mol. The lowest BCUT2D eigenvalue weighted by atomic mass is 10.0. The Bertz CT molecular complexity index is 411. The molecule has 1 saturated heterocycles. The number of nitrogens with two attached hydrogens (primary N) is 1. The maximum Gasteiger partial charge on any atom is 0.130 e. The highest BCUT2D eigenvalue weighted by atomic mass is 19.1. The van der Waals surface area contributed by atoms with Crippen LogP contribution >= 0.6 is 0 Å². The first-order valence-electron chi connectivity index (χ1n) is 6.56. The number of benzene rings is 1. The second-order valence-electron chi connectivity index (χ2n) is 5.10. The molecule has 1 fully saturated rings. The van der Waals surface area contributed by atoms with Gasteiger partial charge in [0.2, 0.25) is 0 Å². The second kappa shape index (κ2) is 5.94. The topological polar surface area (TPSA) is 38.5 Å². The number of ether oxygens (including phenoxy) is 1. The molecular formula is C14H20F2N2O. The molecule has 1 aliphatic rings. The van der Waals surface area contributed by atoms with E-state index >= 15 is 0 Å². The van der Waals surface area contributed by atoms with Crippen molar-refractivity contribution in [1.29, 1.82) is 0 Å². The molecule has 0 bridgehead atoms. The molecule has 19 heavy (non-hydrogen) atoms. The van der Waals surface area contributed by atoms with Crippen molar-refractivity contribution in [3.8, 4) is 0 Å². The Morgan fingerprint density at radius 1 is 1.26 bits per heavy atom. The molecule has 106 valence electrons. The van der Waals surface area contributed by atoms with Crippen LogP contribution in [0.25, 0.3) is 0 Å². The van der Waals surface area contributed by atoms with Gasteiger partial charge in [-0.05, 0) is 26.0 Å². The maximum atomic E-state index is 13.9. The molecule has 3 atom stereocenters. The average molecular weight is 270 g/mol. The number of rotatable bonds is 3. The van der Waals surface area contributed by atoms with Crippen LogP contribution in [-0.4, -0.2) is 36.7 Å². The first-order valence-corrected chi connectivity index (χ1v) is 6.56. The smallest absolute Gasteiger partial charge is 0.130 e. The number of morpholine rings is 1. The van der Waals surface area contributed by atoms with E-state index in [1.54, 1.807) is 0 Å². The van der Waals surface area contributed by atoms with Gasteiger partial charge in [0.1, 0.15) is 11.6 Å². The van der Waals surface area contributed by atoms with Gasteiger partial charge in [0.05, 0.1) is 18.2 Å². The van der Waals surface area contributed by atoms with Crippen LogP contribution in [0.15, 0.2) is 18.2 Å². The van der Waals surface area contributed by atoms with E-state index < -0.39 is 17.7 Å². The van der Waals surface area contributed by atoms with Crippen LogP contribution in [0.2, 0.25) is 0 Å². The van der Waals surface area contributed by atoms with Gasteiger partial charge in [-0.3, -0.25) is 4.90 Å². The fourth-order valence-electron chi connectivity index (χ4n) is 2.75. The highest BCUT2D eigenvalue weighted by molar-refractivity contribution is 5.24. The SMILES string of the molecule is C[C@@H]1CN([C@H](CN)c2c(F)cccc2F)C[C@H](C)O1. The van der Waals surface area contributed by atoms with Crippen molar-refractivity contribution < 1.29 is 13.5 Å². The Labute approximate surface area is 112 Å². The van der Waals surface area contributed by atoms with Crippen LogP contribution < -0.4 is 5.73 Å². The highest BCUT2D eigenvalue weighted by Gasteiger charge is 2.31. The van der Waals surface area contributed by atoms with Gasteiger partial charge in [0.25, 0.3) is 0 Å². The van der Waals surface area contributed by atoms with E-state index in [4.69, 9.17) is 10.5 Å². The Morgan fingerprint density at radius 3 is 2.26 bits per heavy atom. The minimum absolute atomic E-state index is 0.0348. The van der Waals surface area contributed by atoms with Gasteiger partial charge in [0.15, 0.2) is 0 Å². The molecule has 3 nitrogen and oxygen atoms in total. The van der Waals surface area contributed by atoms with Crippen molar-refractivity contribution in [1.82, 2.24) is 4.90 Å². The van der Waals surface area contributed by atoms with Gasteiger partial charge in [-0.15, -0.1) is 0 Å². The van der Waals surface area contributed by atoms with Crippen molar-refractivity contribution in [2.24, 2.45) is 5.73 Å². The van der Waals surface area contributed by atoms with Gasteiger partial charge in [0, 0.05) is 25.2 Å². The number of hydrogen-bond acceptors (Lipinski definition) is 3. The molecule has 0 spiro atoms. The monoisotopic (exact) mass is 270 g/mol. The van der Waals surface area contributed by atoms with Crippen molar-refractivity contribution in [2.45, 2.75) is 32.1 Å². The molecule has 0 radical (unpaired) electrons. The summed E-state index contributed by atoms with van der Waals surface area (Å²) >= 11 is 0. The Kier molecular flexibility index (Phi) is 4.50. The molecule has 2 N–H and O–H groups in total. The van der Waals surface area contributed by atoms with Gasteiger partial charge < -0.3 is 10.5 Å². The summed E-state index contributed by atoms with van der Waals surface area (Å²) in [7, 11) is 0. The van der Waals surface area contributed by atoms with Crippen LogP contribution in [0.1, 0.15) is 25.5 Å². The minimum Gasteiger partial charge on any atom is -0.373 e. The van der Waals surface area contributed by atoms with E-state index in [1.807, 2.05) is 18.7 Å². The fourth-order valence-corrected chi connectivity index (χ4v) is 2.75. The molecule has 2 rings (SSSR count). The van der Waals surface area contributed by atoms with Crippen molar-refractivity contribution in [3.63, 3.8) is 0 Å². The number of hydrogen-bond donors (Lipinski definition) is 1. The first kappa shape index (κ1) is 14.4. The van der Waals surface area contributed by atoms with Crippen LogP contribution in [0.4, 0.5) is 8.78 Å². The third kappa shape index (κ3) is 3.11. The summed E-state index contributed by atoms with van der Waals surface area (Å²) in [6.45, 7) is 5.33. The minimum atomic E-state index is -0.540. The molecule has 0 aromatic heterocycles. The molecule has 0 aliphatic carbocycles. The summed E-state index contributed by atoms with van der Waals surface area (Å²) in [6, 6.07) is 3.46. The Balaban J connectivity index is 2.29. The summed E-state index contributed by atoms with van der Waals surface area (Å²) in [5.74, 6) is -1.08. The lowest BCUT2D eigenvalue weighted by Crippen LogP contribution is -2.48. The van der Waals surface area contributed by atoms with Crippen LogP contribution in [0.5, 0.6) is 0 Å². The van der Waals surface area contributed by atoms with E-state index in [9.17, 15) is 8.78 Å². The number of nitrogens with zero attached hydrogens (tertiary/aromatic N) is 1. The molecule has 0 saturated carbocycles. The van der Waals surface area contributed by atoms with E-state index in [2.05, 4.69) is 0 Å². The molecule has 5 heteroatoms. The fraction of sp³-hybridized carbons (Fsp3) is 0.571. The molecule has 1 aromatic rings. The lowest BCUT2D eigenvalue weighted by Gasteiger charge is -2.40. The lowest BCUT2D eigenvalue weighted by molar-refractivity contribution is -0.0806. The summed E-state index contributed by atoms with van der Waals surface area (Å²) in [5, 5.41) is 0. The van der Waals surface area contributed by atoms with E-state index in [0.717, 1.165) is 0 Å². The quantitative estimate of drug-likeness (QED) is 0.914. The third-order valence-electron chi connectivity index (χ3n) is 3.44. The third-order valence-corrected chi connectivity index (χ3v) is 3.44. The van der Waals surface area contributed by atoms with Crippen molar-refractivity contribution >= 4 is 0 Å². The zero-order valence-electron chi connectivity index (χ0n) is 11.3.